The van der Waals surface area contributed by atoms with Gasteiger partial charge in [-0.25, -0.2) is 4.79 Å². The van der Waals surface area contributed by atoms with E-state index in [2.05, 4.69) is 26.8 Å². The Morgan fingerprint density at radius 2 is 2.67 bits per heavy atom. The molecule has 0 amide bonds. The lowest BCUT2D eigenvalue weighted by molar-refractivity contribution is -0.136. The Morgan fingerprint density at radius 1 is 1.83 bits per heavy atom. The molecule has 0 spiro atoms. The molecule has 0 saturated carbocycles. The predicted molar refractivity (Wildman–Crippen MR) is 43.4 cm³/mol. The van der Waals surface area contributed by atoms with Crippen LogP contribution >= 0.6 is 11.3 Å². The Labute approximate surface area is 73.6 Å². The van der Waals surface area contributed by atoms with E-state index < -0.39 is 5.97 Å². The van der Waals surface area contributed by atoms with Crippen molar-refractivity contribution in [3.05, 3.63) is 10.5 Å². The lowest BCUT2D eigenvalue weighted by Gasteiger charge is -1.89. The van der Waals surface area contributed by atoms with E-state index in [0.717, 1.165) is 0 Å². The lowest BCUT2D eigenvalue weighted by Crippen LogP contribution is -1.99. The number of rotatable bonds is 1. The van der Waals surface area contributed by atoms with Gasteiger partial charge in [0.25, 0.3) is 0 Å². The van der Waals surface area contributed by atoms with Crippen molar-refractivity contribution in [3.8, 4) is 11.8 Å². The third-order valence-corrected chi connectivity index (χ3v) is 1.51. The highest BCUT2D eigenvalue weighted by molar-refractivity contribution is 7.09. The Balaban J connectivity index is 2.54. The van der Waals surface area contributed by atoms with Gasteiger partial charge in [-0.15, -0.1) is 10.2 Å². The topological polar surface area (TPSA) is 52.1 Å². The van der Waals surface area contributed by atoms with Crippen LogP contribution in [0.1, 0.15) is 11.9 Å². The Hall–Kier alpha value is -1.41. The second kappa shape index (κ2) is 4.46. The summed E-state index contributed by atoms with van der Waals surface area (Å²) in [5, 5.41) is 7.71. The number of ether oxygens (including phenoxy) is 1. The summed E-state index contributed by atoms with van der Waals surface area (Å²) in [6.07, 6.45) is 0. The molecule has 1 aromatic heterocycles. The zero-order chi connectivity index (χ0) is 8.81. The predicted octanol–water partition coefficient (Wildman–Crippen LogP) is 0.453. The van der Waals surface area contributed by atoms with E-state index in [1.807, 2.05) is 0 Å². The summed E-state index contributed by atoms with van der Waals surface area (Å²) in [6, 6.07) is 0. The largest absolute Gasteiger partial charge is 0.456 e. The van der Waals surface area contributed by atoms with Gasteiger partial charge < -0.3 is 4.74 Å². The zero-order valence-electron chi connectivity index (χ0n) is 6.40. The van der Waals surface area contributed by atoms with E-state index in [1.165, 1.54) is 11.3 Å². The number of aromatic nitrogens is 2. The first-order valence-electron chi connectivity index (χ1n) is 3.28. The summed E-state index contributed by atoms with van der Waals surface area (Å²) in [7, 11) is 0. The third kappa shape index (κ3) is 2.68. The fraction of sp³-hybridized carbons (Fsp3) is 0.286. The Morgan fingerprint density at radius 3 is 3.25 bits per heavy atom. The molecule has 0 saturated heterocycles. The van der Waals surface area contributed by atoms with Crippen LogP contribution in [0, 0.1) is 11.8 Å². The average molecular weight is 182 g/mol. The van der Waals surface area contributed by atoms with Crippen LogP contribution in [-0.4, -0.2) is 22.8 Å². The molecule has 62 valence electrons. The van der Waals surface area contributed by atoms with Crippen molar-refractivity contribution < 1.29 is 9.53 Å². The van der Waals surface area contributed by atoms with Gasteiger partial charge in [0.15, 0.2) is 5.01 Å². The molecule has 1 aromatic rings. The van der Waals surface area contributed by atoms with Crippen LogP contribution in [0.5, 0.6) is 0 Å². The van der Waals surface area contributed by atoms with Crippen molar-refractivity contribution in [2.45, 2.75) is 6.92 Å². The van der Waals surface area contributed by atoms with Crippen LogP contribution in [-0.2, 0) is 9.53 Å². The molecule has 0 aliphatic heterocycles. The molecular formula is C7H6N2O2S. The maximum atomic E-state index is 10.7. The highest BCUT2D eigenvalue weighted by Crippen LogP contribution is 1.96. The number of esters is 1. The quantitative estimate of drug-likeness (QED) is 0.467. The normalized spacial score (nSPS) is 8.42. The van der Waals surface area contributed by atoms with E-state index in [-0.39, 0.29) is 0 Å². The standard InChI is InChI=1S/C7H6N2O2S/c1-2-11-7(10)4-3-6-9-8-5-12-6/h5H,2H2,1H3. The second-order valence-corrected chi connectivity index (χ2v) is 2.55. The van der Waals surface area contributed by atoms with Crippen molar-refractivity contribution in [1.29, 1.82) is 0 Å². The number of carbonyl (C=O) groups excluding carboxylic acids is 1. The molecule has 0 aliphatic carbocycles. The van der Waals surface area contributed by atoms with Crippen LogP contribution in [0.25, 0.3) is 0 Å². The van der Waals surface area contributed by atoms with Crippen LogP contribution in [0.15, 0.2) is 5.51 Å². The van der Waals surface area contributed by atoms with Crippen LogP contribution < -0.4 is 0 Å². The summed E-state index contributed by atoms with van der Waals surface area (Å²) in [6.45, 7) is 2.06. The molecule has 1 rings (SSSR count). The lowest BCUT2D eigenvalue weighted by atomic mass is 10.6. The molecule has 12 heavy (non-hydrogen) atoms. The summed E-state index contributed by atoms with van der Waals surface area (Å²) in [4.78, 5) is 10.7. The molecule has 0 unspecified atom stereocenters. The fourth-order valence-corrected chi connectivity index (χ4v) is 0.898. The molecule has 0 atom stereocenters. The highest BCUT2D eigenvalue weighted by Gasteiger charge is 1.93. The van der Waals surface area contributed by atoms with Gasteiger partial charge in [-0.05, 0) is 12.8 Å². The highest BCUT2D eigenvalue weighted by atomic mass is 32.1. The number of hydrogen-bond donors (Lipinski definition) is 0. The molecule has 0 fully saturated rings. The molecule has 0 aliphatic rings. The van der Waals surface area contributed by atoms with Gasteiger partial charge in [0.2, 0.25) is 0 Å². The summed E-state index contributed by atoms with van der Waals surface area (Å²) in [5.41, 5.74) is 1.55. The zero-order valence-corrected chi connectivity index (χ0v) is 7.22. The van der Waals surface area contributed by atoms with Gasteiger partial charge in [0, 0.05) is 5.92 Å². The summed E-state index contributed by atoms with van der Waals surface area (Å²) in [5.74, 6) is 4.28. The number of nitrogens with zero attached hydrogens (tertiary/aromatic N) is 2. The number of hydrogen-bond acceptors (Lipinski definition) is 5. The van der Waals surface area contributed by atoms with Crippen molar-refractivity contribution >= 4 is 17.3 Å². The van der Waals surface area contributed by atoms with Gasteiger partial charge in [0.05, 0.1) is 6.61 Å². The Kier molecular flexibility index (Phi) is 3.23. The minimum Gasteiger partial charge on any atom is -0.456 e. The minimum absolute atomic E-state index is 0.337. The van der Waals surface area contributed by atoms with Gasteiger partial charge in [-0.1, -0.05) is 11.3 Å². The summed E-state index contributed by atoms with van der Waals surface area (Å²) >= 11 is 1.28. The molecule has 0 bridgehead atoms. The van der Waals surface area contributed by atoms with E-state index >= 15 is 0 Å². The van der Waals surface area contributed by atoms with Crippen LogP contribution in [0.2, 0.25) is 0 Å². The maximum absolute atomic E-state index is 10.7. The SMILES string of the molecule is CCOC(=O)C#Cc1nncs1. The molecule has 0 aromatic carbocycles. The van der Waals surface area contributed by atoms with Crippen LogP contribution in [0.4, 0.5) is 0 Å². The van der Waals surface area contributed by atoms with Gasteiger partial charge >= 0.3 is 5.97 Å². The van der Waals surface area contributed by atoms with Gasteiger partial charge in [-0.3, -0.25) is 0 Å². The van der Waals surface area contributed by atoms with Crippen molar-refractivity contribution in [3.63, 3.8) is 0 Å². The second-order valence-electron chi connectivity index (χ2n) is 1.71. The molecule has 5 heteroatoms. The Bertz CT molecular complexity index is 310. The van der Waals surface area contributed by atoms with Gasteiger partial charge in [0.1, 0.15) is 5.51 Å². The third-order valence-electron chi connectivity index (χ3n) is 0.907. The molecular weight excluding hydrogens is 176 g/mol. The average Bonchev–Trinajstić information content (AvgIpc) is 2.53. The monoisotopic (exact) mass is 182 g/mol. The molecule has 0 radical (unpaired) electrons. The first kappa shape index (κ1) is 8.68. The smallest absolute Gasteiger partial charge is 0.384 e. The first-order valence-corrected chi connectivity index (χ1v) is 4.16. The maximum Gasteiger partial charge on any atom is 0.384 e. The fourth-order valence-electron chi connectivity index (χ4n) is 0.499. The van der Waals surface area contributed by atoms with E-state index in [4.69, 9.17) is 0 Å². The van der Waals surface area contributed by atoms with Crippen molar-refractivity contribution in [2.24, 2.45) is 0 Å². The van der Waals surface area contributed by atoms with Gasteiger partial charge in [-0.2, -0.15) is 0 Å². The first-order chi connectivity index (χ1) is 5.83. The van der Waals surface area contributed by atoms with E-state index in [9.17, 15) is 4.79 Å². The molecule has 4 nitrogen and oxygen atoms in total. The molecule has 0 N–H and O–H groups in total. The van der Waals surface area contributed by atoms with E-state index in [0.29, 0.717) is 11.6 Å². The van der Waals surface area contributed by atoms with E-state index in [1.54, 1.807) is 12.4 Å². The summed E-state index contributed by atoms with van der Waals surface area (Å²) < 4.78 is 4.58. The van der Waals surface area contributed by atoms with Crippen LogP contribution in [0.3, 0.4) is 0 Å². The van der Waals surface area contributed by atoms with Crippen molar-refractivity contribution in [2.75, 3.05) is 6.61 Å². The molecule has 1 heterocycles. The number of carbonyl (C=O) groups is 1. The minimum atomic E-state index is -0.535. The van der Waals surface area contributed by atoms with Crippen molar-refractivity contribution in [1.82, 2.24) is 10.2 Å².